The summed E-state index contributed by atoms with van der Waals surface area (Å²) in [6.07, 6.45) is 1.98. The van der Waals surface area contributed by atoms with Gasteiger partial charge in [-0.1, -0.05) is 42.5 Å². The van der Waals surface area contributed by atoms with Crippen LogP contribution in [-0.4, -0.2) is 17.7 Å². The van der Waals surface area contributed by atoms with Gasteiger partial charge < -0.3 is 15.2 Å². The number of hydrogen-bond acceptors (Lipinski definition) is 3. The minimum Gasteiger partial charge on any atom is -0.494 e. The SMILES string of the molecule is O=C(O)c1ccc(NCc2cccc(OCCCc3ccccc3)c2)cc1. The summed E-state index contributed by atoms with van der Waals surface area (Å²) in [7, 11) is 0. The number of aryl methyl sites for hydroxylation is 1. The van der Waals surface area contributed by atoms with Crippen molar-refractivity contribution in [3.05, 3.63) is 95.6 Å². The molecule has 0 amide bonds. The second-order valence-corrected chi connectivity index (χ2v) is 6.32. The first-order chi connectivity index (χ1) is 13.2. The normalized spacial score (nSPS) is 10.4. The highest BCUT2D eigenvalue weighted by Gasteiger charge is 2.02. The van der Waals surface area contributed by atoms with Gasteiger partial charge in [0.2, 0.25) is 0 Å². The van der Waals surface area contributed by atoms with Gasteiger partial charge in [-0.05, 0) is 60.4 Å². The summed E-state index contributed by atoms with van der Waals surface area (Å²) in [5, 5.41) is 12.2. The molecular weight excluding hydrogens is 338 g/mol. The van der Waals surface area contributed by atoms with E-state index < -0.39 is 5.97 Å². The Morgan fingerprint density at radius 3 is 2.37 bits per heavy atom. The molecule has 3 aromatic rings. The summed E-state index contributed by atoms with van der Waals surface area (Å²) in [5.74, 6) is -0.0535. The molecule has 0 unspecified atom stereocenters. The monoisotopic (exact) mass is 361 g/mol. The highest BCUT2D eigenvalue weighted by atomic mass is 16.5. The molecule has 0 saturated heterocycles. The van der Waals surface area contributed by atoms with E-state index in [0.717, 1.165) is 29.8 Å². The van der Waals surface area contributed by atoms with Gasteiger partial charge in [-0.2, -0.15) is 0 Å². The Morgan fingerprint density at radius 1 is 0.889 bits per heavy atom. The van der Waals surface area contributed by atoms with Gasteiger partial charge >= 0.3 is 5.97 Å². The largest absolute Gasteiger partial charge is 0.494 e. The average Bonchev–Trinajstić information content (AvgIpc) is 2.71. The van der Waals surface area contributed by atoms with Crippen molar-refractivity contribution in [1.29, 1.82) is 0 Å². The van der Waals surface area contributed by atoms with E-state index in [1.165, 1.54) is 5.56 Å². The third-order valence-electron chi connectivity index (χ3n) is 4.25. The minimum atomic E-state index is -0.918. The van der Waals surface area contributed by atoms with E-state index in [0.29, 0.717) is 13.2 Å². The first kappa shape index (κ1) is 18.5. The van der Waals surface area contributed by atoms with Gasteiger partial charge in [0.05, 0.1) is 12.2 Å². The smallest absolute Gasteiger partial charge is 0.335 e. The molecule has 3 aromatic carbocycles. The third-order valence-corrected chi connectivity index (χ3v) is 4.25. The molecule has 0 fully saturated rings. The average molecular weight is 361 g/mol. The number of carboxylic acid groups (broad SMARTS) is 1. The van der Waals surface area contributed by atoms with Gasteiger partial charge in [-0.3, -0.25) is 0 Å². The zero-order chi connectivity index (χ0) is 18.9. The standard InChI is InChI=1S/C23H23NO3/c25-23(26)20-11-13-21(14-12-20)24-17-19-8-4-10-22(16-19)27-15-5-9-18-6-2-1-3-7-18/h1-4,6-8,10-14,16,24H,5,9,15,17H2,(H,25,26). The van der Waals surface area contributed by atoms with Crippen LogP contribution in [0.3, 0.4) is 0 Å². The van der Waals surface area contributed by atoms with E-state index in [-0.39, 0.29) is 5.56 Å². The van der Waals surface area contributed by atoms with E-state index in [9.17, 15) is 4.79 Å². The van der Waals surface area contributed by atoms with Gasteiger partial charge in [-0.15, -0.1) is 0 Å². The Morgan fingerprint density at radius 2 is 1.63 bits per heavy atom. The molecule has 0 bridgehead atoms. The first-order valence-electron chi connectivity index (χ1n) is 9.03. The van der Waals surface area contributed by atoms with Crippen LogP contribution in [-0.2, 0) is 13.0 Å². The van der Waals surface area contributed by atoms with Crippen molar-refractivity contribution >= 4 is 11.7 Å². The molecule has 0 aromatic heterocycles. The number of ether oxygens (including phenoxy) is 1. The maximum atomic E-state index is 10.9. The van der Waals surface area contributed by atoms with Gasteiger partial charge in [0, 0.05) is 12.2 Å². The van der Waals surface area contributed by atoms with Gasteiger partial charge in [0.15, 0.2) is 0 Å². The van der Waals surface area contributed by atoms with Crippen LogP contribution in [0.25, 0.3) is 0 Å². The Balaban J connectivity index is 1.46. The molecule has 0 atom stereocenters. The number of hydrogen-bond donors (Lipinski definition) is 2. The number of rotatable bonds is 9. The second-order valence-electron chi connectivity index (χ2n) is 6.32. The Bertz CT molecular complexity index is 860. The second kappa shape index (κ2) is 9.43. The highest BCUT2D eigenvalue weighted by molar-refractivity contribution is 5.87. The number of aromatic carboxylic acids is 1. The molecule has 138 valence electrons. The van der Waals surface area contributed by atoms with E-state index in [2.05, 4.69) is 29.6 Å². The molecule has 0 spiro atoms. The Hall–Kier alpha value is -3.27. The van der Waals surface area contributed by atoms with Crippen molar-refractivity contribution in [2.45, 2.75) is 19.4 Å². The van der Waals surface area contributed by atoms with Crippen LogP contribution < -0.4 is 10.1 Å². The quantitative estimate of drug-likeness (QED) is 0.526. The number of nitrogens with one attached hydrogen (secondary N) is 1. The van der Waals surface area contributed by atoms with Gasteiger partial charge in [0.25, 0.3) is 0 Å². The third kappa shape index (κ3) is 5.89. The van der Waals surface area contributed by atoms with Crippen LogP contribution in [0, 0.1) is 0 Å². The van der Waals surface area contributed by atoms with E-state index in [1.807, 2.05) is 30.3 Å². The molecule has 0 radical (unpaired) electrons. The number of anilines is 1. The predicted octanol–water partition coefficient (Wildman–Crippen LogP) is 5.01. The van der Waals surface area contributed by atoms with Crippen LogP contribution in [0.5, 0.6) is 5.75 Å². The zero-order valence-corrected chi connectivity index (χ0v) is 15.1. The Labute approximate surface area is 159 Å². The van der Waals surface area contributed by atoms with E-state index in [1.54, 1.807) is 24.3 Å². The summed E-state index contributed by atoms with van der Waals surface area (Å²) in [5.41, 5.74) is 3.60. The fraction of sp³-hybridized carbons (Fsp3) is 0.174. The molecule has 2 N–H and O–H groups in total. The molecule has 4 nitrogen and oxygen atoms in total. The number of carboxylic acids is 1. The molecule has 4 heteroatoms. The van der Waals surface area contributed by atoms with Crippen molar-refractivity contribution in [2.75, 3.05) is 11.9 Å². The molecule has 0 saturated carbocycles. The molecule has 0 aliphatic heterocycles. The fourth-order valence-corrected chi connectivity index (χ4v) is 2.79. The van der Waals surface area contributed by atoms with Crippen molar-refractivity contribution in [3.8, 4) is 5.75 Å². The molecule has 27 heavy (non-hydrogen) atoms. The van der Waals surface area contributed by atoms with Gasteiger partial charge in [0.1, 0.15) is 5.75 Å². The van der Waals surface area contributed by atoms with Crippen LogP contribution in [0.4, 0.5) is 5.69 Å². The molecule has 3 rings (SSSR count). The minimum absolute atomic E-state index is 0.284. The number of carbonyl (C=O) groups is 1. The summed E-state index contributed by atoms with van der Waals surface area (Å²) in [6, 6.07) is 25.2. The van der Waals surface area contributed by atoms with Crippen molar-refractivity contribution in [2.24, 2.45) is 0 Å². The summed E-state index contributed by atoms with van der Waals surface area (Å²) in [6.45, 7) is 1.33. The zero-order valence-electron chi connectivity index (χ0n) is 15.1. The van der Waals surface area contributed by atoms with Crippen molar-refractivity contribution in [1.82, 2.24) is 0 Å². The van der Waals surface area contributed by atoms with Crippen LogP contribution >= 0.6 is 0 Å². The van der Waals surface area contributed by atoms with E-state index in [4.69, 9.17) is 9.84 Å². The topological polar surface area (TPSA) is 58.6 Å². The lowest BCUT2D eigenvalue weighted by molar-refractivity contribution is 0.0697. The van der Waals surface area contributed by atoms with Crippen LogP contribution in [0.1, 0.15) is 27.9 Å². The van der Waals surface area contributed by atoms with Crippen molar-refractivity contribution < 1.29 is 14.6 Å². The van der Waals surface area contributed by atoms with E-state index >= 15 is 0 Å². The van der Waals surface area contributed by atoms with Crippen molar-refractivity contribution in [3.63, 3.8) is 0 Å². The van der Waals surface area contributed by atoms with Crippen LogP contribution in [0.15, 0.2) is 78.9 Å². The summed E-state index contributed by atoms with van der Waals surface area (Å²) >= 11 is 0. The lowest BCUT2D eigenvalue weighted by Crippen LogP contribution is -2.02. The molecule has 0 aliphatic rings. The predicted molar refractivity (Wildman–Crippen MR) is 107 cm³/mol. The highest BCUT2D eigenvalue weighted by Crippen LogP contribution is 2.16. The first-order valence-corrected chi connectivity index (χ1v) is 9.03. The lowest BCUT2D eigenvalue weighted by Gasteiger charge is -2.10. The number of benzene rings is 3. The maximum absolute atomic E-state index is 10.9. The molecular formula is C23H23NO3. The maximum Gasteiger partial charge on any atom is 0.335 e. The fourth-order valence-electron chi connectivity index (χ4n) is 2.79. The van der Waals surface area contributed by atoms with Gasteiger partial charge in [-0.25, -0.2) is 4.79 Å². The summed E-state index contributed by atoms with van der Waals surface area (Å²) in [4.78, 5) is 10.9. The molecule has 0 aliphatic carbocycles. The lowest BCUT2D eigenvalue weighted by atomic mass is 10.1. The van der Waals surface area contributed by atoms with Crippen LogP contribution in [0.2, 0.25) is 0 Å². The Kier molecular flexibility index (Phi) is 6.47. The summed E-state index contributed by atoms with van der Waals surface area (Å²) < 4.78 is 5.87. The molecule has 0 heterocycles.